The first-order valence-electron chi connectivity index (χ1n) is 2.15. The van der Waals surface area contributed by atoms with Gasteiger partial charge in [0.1, 0.15) is 6.02 Å². The Hall–Kier alpha value is -0.637. The fourth-order valence-electron chi connectivity index (χ4n) is 0.178. The number of nitrogens with one attached hydrogen (secondary N) is 1. The summed E-state index contributed by atoms with van der Waals surface area (Å²) in [6.07, 6.45) is 0. The number of rotatable bonds is 0. The molecule has 0 aliphatic heterocycles. The van der Waals surface area contributed by atoms with Crippen molar-refractivity contribution in [2.75, 3.05) is 14.2 Å². The SMILES string of the molecule is COC(=[N-])[N-]C(=N)OC.[Zn+2]. The maximum absolute atomic E-state index is 8.47. The molecule has 0 unspecified atom stereocenters. The largest absolute Gasteiger partial charge is 2.00 e. The number of amidine groups is 2. The van der Waals surface area contributed by atoms with Gasteiger partial charge in [-0.3, -0.25) is 5.41 Å². The third-order valence-corrected chi connectivity index (χ3v) is 0.573. The standard InChI is InChI=1S/C4H7N3O2.Zn/c1-8-3(5)7-4(6)9-2;/h1-2H3,(H-2,5,6,7);/q-2;+2. The van der Waals surface area contributed by atoms with Crippen LogP contribution < -0.4 is 0 Å². The average molecular weight is 195 g/mol. The van der Waals surface area contributed by atoms with Gasteiger partial charge in [0, 0.05) is 0 Å². The summed E-state index contributed by atoms with van der Waals surface area (Å²) in [5.41, 5.74) is 0. The van der Waals surface area contributed by atoms with Crippen LogP contribution in [-0.4, -0.2) is 26.3 Å². The molecule has 0 aromatic carbocycles. The predicted molar refractivity (Wildman–Crippen MR) is 33.5 cm³/mol. The molecule has 0 spiro atoms. The van der Waals surface area contributed by atoms with Gasteiger partial charge >= 0.3 is 19.5 Å². The van der Waals surface area contributed by atoms with E-state index in [1.54, 1.807) is 0 Å². The normalized spacial score (nSPS) is 7.00. The Balaban J connectivity index is 0. The minimum absolute atomic E-state index is 0. The first-order valence-corrected chi connectivity index (χ1v) is 2.15. The summed E-state index contributed by atoms with van der Waals surface area (Å²) in [5, 5.41) is 18.3. The van der Waals surface area contributed by atoms with E-state index in [1.807, 2.05) is 0 Å². The van der Waals surface area contributed by atoms with Crippen LogP contribution in [-0.2, 0) is 29.0 Å². The van der Waals surface area contributed by atoms with E-state index in [4.69, 9.17) is 10.8 Å². The molecule has 0 amide bonds. The predicted octanol–water partition coefficient (Wildman–Crippen LogP) is 0.511. The van der Waals surface area contributed by atoms with E-state index in [0.29, 0.717) is 0 Å². The average Bonchev–Trinajstić information content (AvgIpc) is 1.87. The maximum Gasteiger partial charge on any atom is 2.00 e. The Labute approximate surface area is 71.9 Å². The van der Waals surface area contributed by atoms with E-state index in [9.17, 15) is 0 Å². The second kappa shape index (κ2) is 6.48. The summed E-state index contributed by atoms with van der Waals surface area (Å²) in [4.78, 5) is 0. The van der Waals surface area contributed by atoms with Gasteiger partial charge in [0.05, 0.1) is 14.2 Å². The van der Waals surface area contributed by atoms with Crippen LogP contribution in [0.3, 0.4) is 0 Å². The third kappa shape index (κ3) is 5.50. The minimum atomic E-state index is -0.582. The summed E-state index contributed by atoms with van der Waals surface area (Å²) in [7, 11) is 2.51. The molecule has 0 aliphatic carbocycles. The molecule has 0 heterocycles. The molecule has 1 N–H and O–H groups in total. The van der Waals surface area contributed by atoms with E-state index in [-0.39, 0.29) is 19.5 Å². The topological polar surface area (TPSA) is 78.7 Å². The van der Waals surface area contributed by atoms with Gasteiger partial charge in [-0.1, -0.05) is 0 Å². The molecule has 0 saturated carbocycles. The van der Waals surface area contributed by atoms with Crippen molar-refractivity contribution in [3.63, 3.8) is 0 Å². The number of methoxy groups -OCH3 is 2. The van der Waals surface area contributed by atoms with Gasteiger partial charge in [-0.25, -0.2) is 0 Å². The molecule has 0 rings (SSSR count). The van der Waals surface area contributed by atoms with E-state index in [1.165, 1.54) is 14.2 Å². The molecule has 10 heavy (non-hydrogen) atoms. The van der Waals surface area contributed by atoms with Crippen molar-refractivity contribution in [3.05, 3.63) is 10.7 Å². The van der Waals surface area contributed by atoms with Gasteiger partial charge in [-0.2, -0.15) is 0 Å². The molecule has 0 aliphatic rings. The van der Waals surface area contributed by atoms with Gasteiger partial charge in [0.15, 0.2) is 0 Å². The van der Waals surface area contributed by atoms with Crippen LogP contribution in [0.1, 0.15) is 0 Å². The first-order chi connectivity index (χ1) is 4.20. The molecular formula is C4H7N3O2Zn. The van der Waals surface area contributed by atoms with Crippen molar-refractivity contribution in [3.8, 4) is 0 Å². The summed E-state index contributed by atoms with van der Waals surface area (Å²) < 4.78 is 8.49. The monoisotopic (exact) mass is 193 g/mol. The van der Waals surface area contributed by atoms with Crippen LogP contribution in [0.25, 0.3) is 10.7 Å². The van der Waals surface area contributed by atoms with Gasteiger partial charge in [-0.05, 0) is 0 Å². The maximum atomic E-state index is 8.47. The van der Waals surface area contributed by atoms with Crippen LogP contribution >= 0.6 is 0 Å². The number of hydrogen-bond acceptors (Lipinski definition) is 3. The minimum Gasteiger partial charge on any atom is -0.792 e. The number of nitrogens with zero attached hydrogens (tertiary/aromatic N) is 2. The van der Waals surface area contributed by atoms with Gasteiger partial charge in [0.2, 0.25) is 0 Å². The Morgan fingerprint density at radius 3 is 2.20 bits per heavy atom. The van der Waals surface area contributed by atoms with E-state index < -0.39 is 12.0 Å². The molecule has 5 nitrogen and oxygen atoms in total. The fourth-order valence-corrected chi connectivity index (χ4v) is 0.178. The summed E-state index contributed by atoms with van der Waals surface area (Å²) in [5.74, 6) is 0. The van der Waals surface area contributed by atoms with Crippen molar-refractivity contribution in [2.45, 2.75) is 0 Å². The molecule has 6 heteroatoms. The van der Waals surface area contributed by atoms with Gasteiger partial charge < -0.3 is 20.2 Å². The summed E-state index contributed by atoms with van der Waals surface area (Å²) >= 11 is 0. The third-order valence-electron chi connectivity index (χ3n) is 0.573. The smallest absolute Gasteiger partial charge is 0.792 e. The van der Waals surface area contributed by atoms with Crippen molar-refractivity contribution in [2.24, 2.45) is 0 Å². The summed E-state index contributed by atoms with van der Waals surface area (Å²) in [6, 6.07) is -0.976. The van der Waals surface area contributed by atoms with Crippen molar-refractivity contribution < 1.29 is 29.0 Å². The van der Waals surface area contributed by atoms with Crippen LogP contribution in [0, 0.1) is 5.41 Å². The van der Waals surface area contributed by atoms with Crippen LogP contribution in [0.4, 0.5) is 0 Å². The van der Waals surface area contributed by atoms with Crippen molar-refractivity contribution >= 4 is 12.0 Å². The molecule has 0 bridgehead atoms. The molecular weight excluding hydrogens is 187 g/mol. The van der Waals surface area contributed by atoms with Crippen LogP contribution in [0.2, 0.25) is 0 Å². The number of ether oxygens (including phenoxy) is 2. The molecule has 0 aromatic rings. The molecule has 0 atom stereocenters. The molecule has 0 aromatic heterocycles. The number of hydrogen-bond donors (Lipinski definition) is 1. The summed E-state index contributed by atoms with van der Waals surface area (Å²) in [6.45, 7) is 0. The molecule has 52 valence electrons. The second-order valence-electron chi connectivity index (χ2n) is 1.11. The van der Waals surface area contributed by atoms with E-state index >= 15 is 0 Å². The van der Waals surface area contributed by atoms with Crippen molar-refractivity contribution in [1.82, 2.24) is 0 Å². The van der Waals surface area contributed by atoms with Crippen LogP contribution in [0.15, 0.2) is 0 Å². The zero-order valence-corrected chi connectivity index (χ0v) is 8.89. The van der Waals surface area contributed by atoms with E-state index in [0.717, 1.165) is 0 Å². The van der Waals surface area contributed by atoms with Crippen molar-refractivity contribution in [1.29, 1.82) is 5.41 Å². The molecule has 0 radical (unpaired) electrons. The Bertz CT molecular complexity index is 114. The Morgan fingerprint density at radius 2 is 1.90 bits per heavy atom. The zero-order chi connectivity index (χ0) is 7.28. The second-order valence-corrected chi connectivity index (χ2v) is 1.11. The fraction of sp³-hybridized carbons (Fsp3) is 0.500. The molecule has 0 fully saturated rings. The van der Waals surface area contributed by atoms with Crippen LogP contribution in [0.5, 0.6) is 0 Å². The zero-order valence-electron chi connectivity index (χ0n) is 5.92. The van der Waals surface area contributed by atoms with E-state index in [2.05, 4.69) is 14.8 Å². The first kappa shape index (κ1) is 12.1. The van der Waals surface area contributed by atoms with Gasteiger partial charge in [0.25, 0.3) is 0 Å². The Morgan fingerprint density at radius 1 is 1.40 bits per heavy atom. The Kier molecular flexibility index (Phi) is 7.83. The van der Waals surface area contributed by atoms with Gasteiger partial charge in [-0.15, -0.1) is 6.02 Å². The molecule has 0 saturated heterocycles. The quantitative estimate of drug-likeness (QED) is 0.346.